The van der Waals surface area contributed by atoms with Crippen LogP contribution in [0.4, 0.5) is 18.9 Å². The molecule has 1 aliphatic rings. The zero-order valence-corrected chi connectivity index (χ0v) is 16.8. The van der Waals surface area contributed by atoms with E-state index in [9.17, 15) is 13.2 Å². The molecule has 1 fully saturated rings. The minimum absolute atomic E-state index is 0.144. The smallest absolute Gasteiger partial charge is 0.153 e. The summed E-state index contributed by atoms with van der Waals surface area (Å²) in [4.78, 5) is 3.38. The molecule has 28 heavy (non-hydrogen) atoms. The van der Waals surface area contributed by atoms with Crippen LogP contribution in [0, 0.1) is 23.4 Å². The molecule has 0 aromatic heterocycles. The second-order valence-electron chi connectivity index (χ2n) is 7.59. The molecule has 1 nitrogen and oxygen atoms in total. The maximum atomic E-state index is 14.7. The van der Waals surface area contributed by atoms with E-state index in [0.717, 1.165) is 36.5 Å². The van der Waals surface area contributed by atoms with Crippen molar-refractivity contribution in [2.75, 3.05) is 0 Å². The lowest BCUT2D eigenvalue weighted by Gasteiger charge is -2.29. The summed E-state index contributed by atoms with van der Waals surface area (Å²) in [5.74, 6) is -1.09. The number of hydrogen-bond donors (Lipinski definition) is 0. The highest BCUT2D eigenvalue weighted by Crippen LogP contribution is 2.39. The summed E-state index contributed by atoms with van der Waals surface area (Å²) < 4.78 is 42.9. The summed E-state index contributed by atoms with van der Waals surface area (Å²) in [6, 6.07) is 7.17. The van der Waals surface area contributed by atoms with Crippen LogP contribution in [0.3, 0.4) is 0 Å². The van der Waals surface area contributed by atoms with Crippen LogP contribution in [0.25, 0.3) is 11.1 Å². The molecule has 0 heterocycles. The van der Waals surface area contributed by atoms with Crippen molar-refractivity contribution in [1.29, 1.82) is 0 Å². The molecule has 2 aromatic rings. The van der Waals surface area contributed by atoms with Crippen LogP contribution < -0.4 is 0 Å². The van der Waals surface area contributed by atoms with Crippen molar-refractivity contribution in [2.45, 2.75) is 57.8 Å². The van der Waals surface area contributed by atoms with E-state index in [1.165, 1.54) is 38.2 Å². The van der Waals surface area contributed by atoms with Crippen LogP contribution in [-0.2, 0) is 0 Å². The Morgan fingerprint density at radius 3 is 2.25 bits per heavy atom. The molecule has 148 valence electrons. The van der Waals surface area contributed by atoms with Gasteiger partial charge in [-0.2, -0.15) is 4.99 Å². The number of aliphatic imine (C=N–C) groups is 1. The average molecular weight is 404 g/mol. The van der Waals surface area contributed by atoms with E-state index in [0.29, 0.717) is 5.92 Å². The lowest BCUT2D eigenvalue weighted by atomic mass is 9.77. The molecule has 5 heteroatoms. The Kier molecular flexibility index (Phi) is 7.03. The first-order valence-corrected chi connectivity index (χ1v) is 10.3. The Morgan fingerprint density at radius 2 is 1.68 bits per heavy atom. The number of unbranched alkanes of at least 4 members (excludes halogenated alkanes) is 1. The Bertz CT molecular complexity index is 858. The molecule has 0 aliphatic heterocycles. The Morgan fingerprint density at radius 1 is 1.00 bits per heavy atom. The molecule has 0 unspecified atom stereocenters. The Hall–Kier alpha value is -1.97. The molecule has 3 rings (SSSR count). The quantitative estimate of drug-likeness (QED) is 0.352. The monoisotopic (exact) mass is 403 g/mol. The predicted molar refractivity (Wildman–Crippen MR) is 111 cm³/mol. The van der Waals surface area contributed by atoms with E-state index in [4.69, 9.17) is 0 Å². The SMILES string of the molecule is CCCCC1CCC(c2ccc(-c3cc(F)c(N=C=S)c(F)c3)c(F)c2)CC1. The van der Waals surface area contributed by atoms with Gasteiger partial charge in [-0.25, -0.2) is 13.2 Å². The van der Waals surface area contributed by atoms with Crippen molar-refractivity contribution in [3.8, 4) is 11.1 Å². The number of thiocarbonyl (C=S) groups is 1. The van der Waals surface area contributed by atoms with Gasteiger partial charge in [0.05, 0.1) is 5.16 Å². The van der Waals surface area contributed by atoms with Crippen LogP contribution in [0.1, 0.15) is 63.4 Å². The molecule has 1 saturated carbocycles. The fraction of sp³-hybridized carbons (Fsp3) is 0.435. The maximum Gasteiger partial charge on any atom is 0.153 e. The standard InChI is InChI=1S/C23H24F3NS/c1-2-3-4-15-5-7-16(8-6-15)17-9-10-19(20(24)11-17)18-12-21(25)23(27-14-28)22(26)13-18/h9-13,15-16H,2-8H2,1H3. The third kappa shape index (κ3) is 4.71. The van der Waals surface area contributed by atoms with Gasteiger partial charge in [-0.3, -0.25) is 0 Å². The highest BCUT2D eigenvalue weighted by molar-refractivity contribution is 7.78. The molecular formula is C23H24F3NS. The first kappa shape index (κ1) is 20.8. The van der Waals surface area contributed by atoms with Crippen LogP contribution in [0.2, 0.25) is 0 Å². The molecule has 0 N–H and O–H groups in total. The Labute approximate surface area is 169 Å². The van der Waals surface area contributed by atoms with E-state index in [1.807, 2.05) is 11.2 Å². The van der Waals surface area contributed by atoms with Crippen molar-refractivity contribution < 1.29 is 13.2 Å². The topological polar surface area (TPSA) is 12.4 Å². The van der Waals surface area contributed by atoms with Gasteiger partial charge in [0.25, 0.3) is 0 Å². The number of hydrogen-bond acceptors (Lipinski definition) is 2. The molecule has 1 aliphatic carbocycles. The largest absolute Gasteiger partial charge is 0.206 e. The molecule has 0 atom stereocenters. The van der Waals surface area contributed by atoms with Gasteiger partial charge in [-0.15, -0.1) is 0 Å². The summed E-state index contributed by atoms with van der Waals surface area (Å²) in [5.41, 5.74) is 0.787. The third-order valence-electron chi connectivity index (χ3n) is 5.76. The van der Waals surface area contributed by atoms with Crippen LogP contribution >= 0.6 is 12.2 Å². The highest BCUT2D eigenvalue weighted by atomic mass is 32.1. The van der Waals surface area contributed by atoms with Gasteiger partial charge >= 0.3 is 0 Å². The zero-order chi connectivity index (χ0) is 20.1. The van der Waals surface area contributed by atoms with Gasteiger partial charge in [0.1, 0.15) is 11.5 Å². The molecule has 0 spiro atoms. The summed E-state index contributed by atoms with van der Waals surface area (Å²) in [6.45, 7) is 2.21. The number of benzene rings is 2. The van der Waals surface area contributed by atoms with Crippen molar-refractivity contribution in [3.05, 3.63) is 53.3 Å². The van der Waals surface area contributed by atoms with Crippen molar-refractivity contribution in [3.63, 3.8) is 0 Å². The van der Waals surface area contributed by atoms with Crippen molar-refractivity contribution in [1.82, 2.24) is 0 Å². The molecule has 2 aromatic carbocycles. The van der Waals surface area contributed by atoms with Gasteiger partial charge in [-0.05, 0) is 79.1 Å². The fourth-order valence-electron chi connectivity index (χ4n) is 4.17. The minimum atomic E-state index is -0.888. The van der Waals surface area contributed by atoms with E-state index < -0.39 is 23.1 Å². The van der Waals surface area contributed by atoms with Gasteiger partial charge < -0.3 is 0 Å². The molecular weight excluding hydrogens is 379 g/mol. The summed E-state index contributed by atoms with van der Waals surface area (Å²) in [5, 5.41) is 1.95. The minimum Gasteiger partial charge on any atom is -0.206 e. The Balaban J connectivity index is 1.77. The van der Waals surface area contributed by atoms with Gasteiger partial charge in [-0.1, -0.05) is 38.3 Å². The first-order chi connectivity index (χ1) is 13.5. The van der Waals surface area contributed by atoms with E-state index in [2.05, 4.69) is 24.1 Å². The van der Waals surface area contributed by atoms with E-state index >= 15 is 0 Å². The average Bonchev–Trinajstić information content (AvgIpc) is 2.69. The first-order valence-electron chi connectivity index (χ1n) is 9.90. The van der Waals surface area contributed by atoms with Crippen molar-refractivity contribution in [2.24, 2.45) is 10.9 Å². The maximum absolute atomic E-state index is 14.7. The predicted octanol–water partition coefficient (Wildman–Crippen LogP) is 7.97. The van der Waals surface area contributed by atoms with E-state index in [-0.39, 0.29) is 11.1 Å². The van der Waals surface area contributed by atoms with E-state index in [1.54, 1.807) is 6.07 Å². The van der Waals surface area contributed by atoms with Crippen molar-refractivity contribution >= 4 is 23.1 Å². The number of halogens is 3. The molecule has 0 radical (unpaired) electrons. The lowest BCUT2D eigenvalue weighted by molar-refractivity contribution is 0.304. The highest BCUT2D eigenvalue weighted by Gasteiger charge is 2.23. The normalized spacial score (nSPS) is 19.3. The number of rotatable bonds is 6. The summed E-state index contributed by atoms with van der Waals surface area (Å²) in [7, 11) is 0. The van der Waals surface area contributed by atoms with Crippen LogP contribution in [0.15, 0.2) is 35.3 Å². The zero-order valence-electron chi connectivity index (χ0n) is 16.0. The van der Waals surface area contributed by atoms with Gasteiger partial charge in [0.2, 0.25) is 0 Å². The van der Waals surface area contributed by atoms with Crippen LogP contribution in [-0.4, -0.2) is 5.16 Å². The van der Waals surface area contributed by atoms with Gasteiger partial charge in [0.15, 0.2) is 11.6 Å². The van der Waals surface area contributed by atoms with Crippen LogP contribution in [0.5, 0.6) is 0 Å². The number of isothiocyanates is 1. The third-order valence-corrected chi connectivity index (χ3v) is 5.85. The summed E-state index contributed by atoms with van der Waals surface area (Å²) in [6.07, 6.45) is 8.31. The second-order valence-corrected chi connectivity index (χ2v) is 7.77. The number of nitrogens with zero attached hydrogens (tertiary/aromatic N) is 1. The lowest BCUT2D eigenvalue weighted by Crippen LogP contribution is -2.13. The molecule has 0 saturated heterocycles. The second kappa shape index (κ2) is 9.49. The summed E-state index contributed by atoms with van der Waals surface area (Å²) >= 11 is 4.39. The molecule has 0 amide bonds. The van der Waals surface area contributed by atoms with Gasteiger partial charge in [0, 0.05) is 5.56 Å². The molecule has 0 bridgehead atoms. The fourth-order valence-corrected chi connectivity index (χ4v) is 4.26.